The number of ketones is 1. The average molecular weight is 533 g/mol. The van der Waals surface area contributed by atoms with Crippen molar-refractivity contribution in [2.24, 2.45) is 5.73 Å². The van der Waals surface area contributed by atoms with Crippen molar-refractivity contribution >= 4 is 40.1 Å². The molecule has 0 bridgehead atoms. The highest BCUT2D eigenvalue weighted by Gasteiger charge is 2.36. The predicted octanol–water partition coefficient (Wildman–Crippen LogP) is 0.983. The summed E-state index contributed by atoms with van der Waals surface area (Å²) in [4.78, 5) is 33.8. The number of amides is 1. The number of likely N-dealkylation sites (tertiary alicyclic amines) is 1. The van der Waals surface area contributed by atoms with E-state index in [0.717, 1.165) is 36.6 Å². The van der Waals surface area contributed by atoms with Gasteiger partial charge in [-0.3, -0.25) is 19.9 Å². The van der Waals surface area contributed by atoms with Crippen LogP contribution in [0.15, 0.2) is 23.6 Å². The van der Waals surface area contributed by atoms with E-state index < -0.39 is 17.3 Å². The van der Waals surface area contributed by atoms with E-state index in [1.165, 1.54) is 13.2 Å². The highest BCUT2D eigenvalue weighted by atomic mass is 32.1. The van der Waals surface area contributed by atoms with Gasteiger partial charge in [-0.1, -0.05) is 0 Å². The number of carbonyl (C=O) groups excluding carboxylic acids is 2. The van der Waals surface area contributed by atoms with E-state index in [-0.39, 0.29) is 52.5 Å². The second kappa shape index (κ2) is 11.8. The van der Waals surface area contributed by atoms with Gasteiger partial charge in [0.15, 0.2) is 11.6 Å². The molecule has 4 rings (SSSR count). The first kappa shape index (κ1) is 26.7. The zero-order valence-corrected chi connectivity index (χ0v) is 21.2. The predicted molar refractivity (Wildman–Crippen MR) is 136 cm³/mol. The van der Waals surface area contributed by atoms with Gasteiger partial charge in [0.1, 0.15) is 23.0 Å². The van der Waals surface area contributed by atoms with E-state index in [1.54, 1.807) is 10.3 Å². The van der Waals surface area contributed by atoms with Gasteiger partial charge in [0.05, 0.1) is 25.5 Å². The lowest BCUT2D eigenvalue weighted by Gasteiger charge is -2.46. The van der Waals surface area contributed by atoms with Gasteiger partial charge in [-0.15, -0.1) is 11.3 Å². The summed E-state index contributed by atoms with van der Waals surface area (Å²) in [6.45, 7) is 4.77. The van der Waals surface area contributed by atoms with Crippen molar-refractivity contribution in [3.8, 4) is 5.75 Å². The maximum absolute atomic E-state index is 14.4. The van der Waals surface area contributed by atoms with Crippen molar-refractivity contribution in [3.05, 3.63) is 45.7 Å². The molecule has 198 valence electrons. The summed E-state index contributed by atoms with van der Waals surface area (Å²) < 4.78 is 29.9. The minimum absolute atomic E-state index is 0.00574. The molecule has 5 N–H and O–H groups in total. The van der Waals surface area contributed by atoms with E-state index in [1.807, 2.05) is 0 Å². The molecule has 0 spiro atoms. The number of thiazole rings is 1. The SMILES string of the molecule is COCCOc1cc(N)c(C(=N)C(=O)/C=C(\N)c2nc(C(=O)N3CC(N4CCOCC4)C3)cs2)cc1F. The molecular formula is C24H29FN6O5S. The Balaban J connectivity index is 1.37. The first-order valence-corrected chi connectivity index (χ1v) is 12.5. The van der Waals surface area contributed by atoms with Gasteiger partial charge in [0.2, 0.25) is 5.78 Å². The van der Waals surface area contributed by atoms with Crippen LogP contribution in [0.2, 0.25) is 0 Å². The average Bonchev–Trinajstić information content (AvgIpc) is 3.36. The van der Waals surface area contributed by atoms with Crippen LogP contribution in [-0.2, 0) is 14.3 Å². The van der Waals surface area contributed by atoms with Crippen LogP contribution in [0.1, 0.15) is 21.1 Å². The Morgan fingerprint density at radius 1 is 1.30 bits per heavy atom. The molecule has 1 aromatic heterocycles. The van der Waals surface area contributed by atoms with Gasteiger partial charge in [-0.05, 0) is 6.07 Å². The molecule has 2 fully saturated rings. The van der Waals surface area contributed by atoms with Crippen molar-refractivity contribution < 1.29 is 28.2 Å². The fourth-order valence-electron chi connectivity index (χ4n) is 4.00. The monoisotopic (exact) mass is 532 g/mol. The molecule has 0 atom stereocenters. The summed E-state index contributed by atoms with van der Waals surface area (Å²) in [5.74, 6) is -1.85. The van der Waals surface area contributed by atoms with Crippen LogP contribution in [-0.4, -0.2) is 97.9 Å². The smallest absolute Gasteiger partial charge is 0.273 e. The molecule has 11 nitrogen and oxygen atoms in total. The normalized spacial score (nSPS) is 16.9. The Morgan fingerprint density at radius 2 is 2.03 bits per heavy atom. The van der Waals surface area contributed by atoms with Crippen molar-refractivity contribution in [1.82, 2.24) is 14.8 Å². The number of nitrogens with zero attached hydrogens (tertiary/aromatic N) is 3. The minimum Gasteiger partial charge on any atom is -0.488 e. The Hall–Kier alpha value is -3.39. The number of benzene rings is 1. The number of nitrogen functional groups attached to an aromatic ring is 1. The van der Waals surface area contributed by atoms with E-state index >= 15 is 0 Å². The summed E-state index contributed by atoms with van der Waals surface area (Å²) in [7, 11) is 1.49. The van der Waals surface area contributed by atoms with Gasteiger partial charge >= 0.3 is 0 Å². The standard InChI is InChI=1S/C24H29FN6O5S/c1-34-6-7-36-21-10-17(26)15(8-16(21)25)22(28)20(32)9-18(27)23-29-19(13-37-23)24(33)31-11-14(12-31)30-2-4-35-5-3-30/h8-10,13-14,28H,2-7,11-12,26-27H2,1H3/b18-9-,28-22?. The molecule has 2 aliphatic heterocycles. The lowest BCUT2D eigenvalue weighted by Crippen LogP contribution is -2.62. The van der Waals surface area contributed by atoms with E-state index in [0.29, 0.717) is 32.3 Å². The number of methoxy groups -OCH3 is 1. The third-order valence-electron chi connectivity index (χ3n) is 6.13. The lowest BCUT2D eigenvalue weighted by molar-refractivity contribution is -0.108. The van der Waals surface area contributed by atoms with Crippen LogP contribution in [0.5, 0.6) is 5.75 Å². The van der Waals surface area contributed by atoms with Crippen LogP contribution in [0.25, 0.3) is 5.70 Å². The zero-order chi connectivity index (χ0) is 26.5. The number of rotatable bonds is 10. The highest BCUT2D eigenvalue weighted by molar-refractivity contribution is 7.11. The summed E-state index contributed by atoms with van der Waals surface area (Å²) in [5, 5.41) is 10.0. The van der Waals surface area contributed by atoms with Crippen molar-refractivity contribution in [1.29, 1.82) is 5.41 Å². The number of allylic oxidation sites excluding steroid dienone is 1. The van der Waals surface area contributed by atoms with Gasteiger partial charge in [0.25, 0.3) is 5.91 Å². The fraction of sp³-hybridized carbons (Fsp3) is 0.417. The zero-order valence-electron chi connectivity index (χ0n) is 20.4. The number of nitrogens with one attached hydrogen (secondary N) is 1. The number of aromatic nitrogens is 1. The van der Waals surface area contributed by atoms with Crippen LogP contribution >= 0.6 is 11.3 Å². The van der Waals surface area contributed by atoms with Crippen LogP contribution in [0, 0.1) is 11.2 Å². The quantitative estimate of drug-likeness (QED) is 0.176. The van der Waals surface area contributed by atoms with E-state index in [9.17, 15) is 14.0 Å². The first-order valence-electron chi connectivity index (χ1n) is 11.7. The summed E-state index contributed by atoms with van der Waals surface area (Å²) in [6, 6.07) is 2.51. The molecule has 2 aromatic rings. The second-order valence-electron chi connectivity index (χ2n) is 8.60. The largest absolute Gasteiger partial charge is 0.488 e. The Morgan fingerprint density at radius 3 is 2.73 bits per heavy atom. The van der Waals surface area contributed by atoms with Gasteiger partial charge in [-0.2, -0.15) is 0 Å². The first-order chi connectivity index (χ1) is 17.8. The molecule has 0 radical (unpaired) electrons. The topological polar surface area (TPSA) is 157 Å². The molecule has 0 unspecified atom stereocenters. The maximum Gasteiger partial charge on any atom is 0.273 e. The fourth-order valence-corrected chi connectivity index (χ4v) is 4.72. The molecule has 37 heavy (non-hydrogen) atoms. The number of anilines is 1. The van der Waals surface area contributed by atoms with Gasteiger partial charge in [0, 0.05) is 68.1 Å². The third kappa shape index (κ3) is 6.13. The lowest BCUT2D eigenvalue weighted by atomic mass is 10.0. The van der Waals surface area contributed by atoms with Crippen molar-refractivity contribution in [3.63, 3.8) is 0 Å². The summed E-state index contributed by atoms with van der Waals surface area (Å²) >= 11 is 1.12. The maximum atomic E-state index is 14.4. The summed E-state index contributed by atoms with van der Waals surface area (Å²) in [5.41, 5.74) is 11.6. The van der Waals surface area contributed by atoms with Crippen LogP contribution in [0.3, 0.4) is 0 Å². The molecule has 1 aromatic carbocycles. The van der Waals surface area contributed by atoms with Crippen molar-refractivity contribution in [2.75, 3.05) is 65.5 Å². The molecule has 13 heteroatoms. The molecular weight excluding hydrogens is 503 g/mol. The Bertz CT molecular complexity index is 1210. The number of hydrogen-bond acceptors (Lipinski definition) is 11. The number of carbonyl (C=O) groups is 2. The number of nitrogens with two attached hydrogens (primary N) is 2. The molecule has 0 aliphatic carbocycles. The third-order valence-corrected chi connectivity index (χ3v) is 7.02. The second-order valence-corrected chi connectivity index (χ2v) is 9.46. The number of hydrogen-bond donors (Lipinski definition) is 3. The minimum atomic E-state index is -0.782. The Labute approximate surface area is 217 Å². The van der Waals surface area contributed by atoms with Crippen molar-refractivity contribution in [2.45, 2.75) is 6.04 Å². The molecule has 0 saturated carbocycles. The number of ether oxygens (including phenoxy) is 3. The van der Waals surface area contributed by atoms with Gasteiger partial charge in [-0.25, -0.2) is 9.37 Å². The van der Waals surface area contributed by atoms with Crippen LogP contribution in [0.4, 0.5) is 10.1 Å². The Kier molecular flexibility index (Phi) is 8.48. The van der Waals surface area contributed by atoms with E-state index in [4.69, 9.17) is 31.1 Å². The molecule has 3 heterocycles. The van der Waals surface area contributed by atoms with Gasteiger partial charge < -0.3 is 30.6 Å². The molecule has 2 aliphatic rings. The van der Waals surface area contributed by atoms with E-state index in [2.05, 4.69) is 9.88 Å². The van der Waals surface area contributed by atoms with Crippen LogP contribution < -0.4 is 16.2 Å². The number of halogens is 1. The molecule has 1 amide bonds. The number of morpholine rings is 1. The highest BCUT2D eigenvalue weighted by Crippen LogP contribution is 2.26. The summed E-state index contributed by atoms with van der Waals surface area (Å²) in [6.07, 6.45) is 1.02. The molecule has 2 saturated heterocycles.